The van der Waals surface area contributed by atoms with Crippen molar-refractivity contribution in [2.24, 2.45) is 11.1 Å². The quantitative estimate of drug-likeness (QED) is 0.824. The minimum atomic E-state index is 0.230. The Morgan fingerprint density at radius 1 is 1.32 bits per heavy atom. The smallest absolute Gasteiger partial charge is 0.137 e. The topological polar surface area (TPSA) is 39.2 Å². The predicted octanol–water partition coefficient (Wildman–Crippen LogP) is 4.36. The predicted molar refractivity (Wildman–Crippen MR) is 79.3 cm³/mol. The Labute approximate surface area is 115 Å². The summed E-state index contributed by atoms with van der Waals surface area (Å²) in [5, 5.41) is 1.20. The van der Waals surface area contributed by atoms with Gasteiger partial charge >= 0.3 is 0 Å². The van der Waals surface area contributed by atoms with Gasteiger partial charge in [-0.2, -0.15) is 0 Å². The van der Waals surface area contributed by atoms with E-state index in [0.29, 0.717) is 11.3 Å². The maximum Gasteiger partial charge on any atom is 0.137 e. The zero-order chi connectivity index (χ0) is 13.6. The van der Waals surface area contributed by atoms with Gasteiger partial charge in [-0.25, -0.2) is 0 Å². The summed E-state index contributed by atoms with van der Waals surface area (Å²) in [4.78, 5) is 0. The lowest BCUT2D eigenvalue weighted by atomic mass is 9.69. The molecule has 0 aliphatic heterocycles. The molecule has 1 aliphatic rings. The molecule has 2 aromatic rings. The number of hydrogen-bond acceptors (Lipinski definition) is 2. The Morgan fingerprint density at radius 2 is 2.11 bits per heavy atom. The van der Waals surface area contributed by atoms with Crippen molar-refractivity contribution in [2.75, 3.05) is 0 Å². The number of benzene rings is 1. The van der Waals surface area contributed by atoms with E-state index in [4.69, 9.17) is 10.2 Å². The minimum Gasteiger partial charge on any atom is -0.460 e. The molecule has 1 fully saturated rings. The number of nitrogens with two attached hydrogens (primary N) is 1. The van der Waals surface area contributed by atoms with Gasteiger partial charge in [0.25, 0.3) is 0 Å². The van der Waals surface area contributed by atoms with Gasteiger partial charge in [0.1, 0.15) is 11.3 Å². The molecule has 3 rings (SSSR count). The molecule has 1 aliphatic carbocycles. The van der Waals surface area contributed by atoms with E-state index < -0.39 is 0 Å². The molecule has 2 heteroatoms. The van der Waals surface area contributed by atoms with Gasteiger partial charge < -0.3 is 10.2 Å². The van der Waals surface area contributed by atoms with Crippen LogP contribution in [0.1, 0.15) is 50.4 Å². The lowest BCUT2D eigenvalue weighted by molar-refractivity contribution is 0.186. The average molecular weight is 257 g/mol. The van der Waals surface area contributed by atoms with E-state index in [9.17, 15) is 0 Å². The molecule has 102 valence electrons. The molecule has 0 spiro atoms. The third kappa shape index (κ3) is 2.30. The van der Waals surface area contributed by atoms with Crippen molar-refractivity contribution in [3.05, 3.63) is 35.6 Å². The van der Waals surface area contributed by atoms with E-state index in [1.54, 1.807) is 0 Å². The molecule has 1 aromatic heterocycles. The van der Waals surface area contributed by atoms with Gasteiger partial charge in [0.2, 0.25) is 0 Å². The van der Waals surface area contributed by atoms with Crippen LogP contribution in [0.4, 0.5) is 0 Å². The maximum atomic E-state index is 6.33. The highest BCUT2D eigenvalue weighted by molar-refractivity contribution is 5.81. The first kappa shape index (κ1) is 12.7. The van der Waals surface area contributed by atoms with Crippen molar-refractivity contribution in [3.63, 3.8) is 0 Å². The second-order valence-corrected chi connectivity index (χ2v) is 6.82. The zero-order valence-corrected chi connectivity index (χ0v) is 12.1. The van der Waals surface area contributed by atoms with Gasteiger partial charge in [0.05, 0.1) is 0 Å². The van der Waals surface area contributed by atoms with E-state index >= 15 is 0 Å². The summed E-state index contributed by atoms with van der Waals surface area (Å²) in [6, 6.07) is 8.72. The summed E-state index contributed by atoms with van der Waals surface area (Å²) < 4.78 is 6.12. The molecule has 2 atom stereocenters. The SMILES string of the molecule is Cc1cccc2cc(C3CC(C)(C)CCC3N)oc12. The first-order chi connectivity index (χ1) is 8.96. The van der Waals surface area contributed by atoms with Gasteiger partial charge in [0, 0.05) is 17.3 Å². The fourth-order valence-corrected chi connectivity index (χ4v) is 3.33. The third-order valence-corrected chi connectivity index (χ3v) is 4.57. The molecule has 0 radical (unpaired) electrons. The van der Waals surface area contributed by atoms with Crippen molar-refractivity contribution in [2.45, 2.75) is 52.0 Å². The van der Waals surface area contributed by atoms with Crippen molar-refractivity contribution < 1.29 is 4.42 Å². The number of aryl methyl sites for hydroxylation is 1. The van der Waals surface area contributed by atoms with Crippen LogP contribution in [0.15, 0.2) is 28.7 Å². The van der Waals surface area contributed by atoms with Crippen LogP contribution in [0.5, 0.6) is 0 Å². The molecule has 0 bridgehead atoms. The van der Waals surface area contributed by atoms with Crippen molar-refractivity contribution in [3.8, 4) is 0 Å². The number of fused-ring (bicyclic) bond motifs is 1. The molecule has 1 saturated carbocycles. The first-order valence-corrected chi connectivity index (χ1v) is 7.21. The number of rotatable bonds is 1. The monoisotopic (exact) mass is 257 g/mol. The van der Waals surface area contributed by atoms with Crippen LogP contribution >= 0.6 is 0 Å². The van der Waals surface area contributed by atoms with Gasteiger partial charge in [-0.3, -0.25) is 0 Å². The Balaban J connectivity index is 2.01. The van der Waals surface area contributed by atoms with Gasteiger partial charge in [-0.1, -0.05) is 32.0 Å². The van der Waals surface area contributed by atoms with Crippen LogP contribution in [0, 0.1) is 12.3 Å². The van der Waals surface area contributed by atoms with Gasteiger partial charge in [-0.15, -0.1) is 0 Å². The van der Waals surface area contributed by atoms with Crippen LogP contribution in [0.3, 0.4) is 0 Å². The molecule has 0 amide bonds. The molecule has 2 N–H and O–H groups in total. The molecular formula is C17H23NO. The van der Waals surface area contributed by atoms with Crippen LogP contribution in [-0.2, 0) is 0 Å². The van der Waals surface area contributed by atoms with E-state index in [0.717, 1.165) is 24.2 Å². The number of furan rings is 1. The zero-order valence-electron chi connectivity index (χ0n) is 12.1. The van der Waals surface area contributed by atoms with Crippen LogP contribution < -0.4 is 5.73 Å². The molecular weight excluding hydrogens is 234 g/mol. The van der Waals surface area contributed by atoms with E-state index in [1.165, 1.54) is 17.4 Å². The normalized spacial score (nSPS) is 26.7. The molecule has 2 nitrogen and oxygen atoms in total. The van der Waals surface area contributed by atoms with Crippen LogP contribution in [0.25, 0.3) is 11.0 Å². The fourth-order valence-electron chi connectivity index (χ4n) is 3.33. The summed E-state index contributed by atoms with van der Waals surface area (Å²) in [5.74, 6) is 1.43. The third-order valence-electron chi connectivity index (χ3n) is 4.57. The summed E-state index contributed by atoms with van der Waals surface area (Å²) in [5.41, 5.74) is 8.92. The molecule has 0 saturated heterocycles. The lowest BCUT2D eigenvalue weighted by Gasteiger charge is -2.38. The molecule has 1 aromatic carbocycles. The molecule has 1 heterocycles. The first-order valence-electron chi connectivity index (χ1n) is 7.21. The highest BCUT2D eigenvalue weighted by Gasteiger charge is 2.35. The summed E-state index contributed by atoms with van der Waals surface area (Å²) >= 11 is 0. The lowest BCUT2D eigenvalue weighted by Crippen LogP contribution is -2.37. The van der Waals surface area contributed by atoms with E-state index in [2.05, 4.69) is 45.0 Å². The standard InChI is InChI=1S/C17H23NO/c1-11-5-4-6-12-9-15(19-16(11)12)13-10-17(2,3)8-7-14(13)18/h4-6,9,13-14H,7-8,10,18H2,1-3H3. The Hall–Kier alpha value is -1.28. The Morgan fingerprint density at radius 3 is 2.84 bits per heavy atom. The summed E-state index contributed by atoms with van der Waals surface area (Å²) in [7, 11) is 0. The largest absolute Gasteiger partial charge is 0.460 e. The Kier molecular flexibility index (Phi) is 2.94. The van der Waals surface area contributed by atoms with Crippen molar-refractivity contribution >= 4 is 11.0 Å². The van der Waals surface area contributed by atoms with Crippen molar-refractivity contribution in [1.29, 1.82) is 0 Å². The second kappa shape index (κ2) is 4.38. The van der Waals surface area contributed by atoms with E-state index in [-0.39, 0.29) is 6.04 Å². The van der Waals surface area contributed by atoms with Crippen LogP contribution in [0.2, 0.25) is 0 Å². The van der Waals surface area contributed by atoms with Gasteiger partial charge in [-0.05, 0) is 43.2 Å². The average Bonchev–Trinajstić information content (AvgIpc) is 2.78. The Bertz CT molecular complexity index is 596. The highest BCUT2D eigenvalue weighted by Crippen LogP contribution is 2.44. The highest BCUT2D eigenvalue weighted by atomic mass is 16.3. The van der Waals surface area contributed by atoms with E-state index in [1.807, 2.05) is 0 Å². The fraction of sp³-hybridized carbons (Fsp3) is 0.529. The van der Waals surface area contributed by atoms with Gasteiger partial charge in [0.15, 0.2) is 0 Å². The molecule has 2 unspecified atom stereocenters. The second-order valence-electron chi connectivity index (χ2n) is 6.82. The summed E-state index contributed by atoms with van der Waals surface area (Å²) in [6.07, 6.45) is 3.42. The number of hydrogen-bond donors (Lipinski definition) is 1. The molecule has 19 heavy (non-hydrogen) atoms. The van der Waals surface area contributed by atoms with Crippen LogP contribution in [-0.4, -0.2) is 6.04 Å². The number of para-hydroxylation sites is 1. The summed E-state index contributed by atoms with van der Waals surface area (Å²) in [6.45, 7) is 6.76. The maximum absolute atomic E-state index is 6.33. The minimum absolute atomic E-state index is 0.230. The van der Waals surface area contributed by atoms with Crippen molar-refractivity contribution in [1.82, 2.24) is 0 Å².